The van der Waals surface area contributed by atoms with Crippen molar-refractivity contribution in [2.45, 2.75) is 45.0 Å². The normalized spacial score (nSPS) is 29.4. The average molecular weight is 212 g/mol. The summed E-state index contributed by atoms with van der Waals surface area (Å²) in [5.74, 6) is 0. The summed E-state index contributed by atoms with van der Waals surface area (Å²) in [6.07, 6.45) is 1.89. The lowest BCUT2D eigenvalue weighted by Crippen LogP contribution is -2.18. The van der Waals surface area contributed by atoms with Crippen molar-refractivity contribution < 1.29 is 9.84 Å². The lowest BCUT2D eigenvalue weighted by atomic mass is 10.0. The van der Waals surface area contributed by atoms with Crippen molar-refractivity contribution in [1.29, 1.82) is 0 Å². The van der Waals surface area contributed by atoms with Crippen molar-refractivity contribution >= 4 is 11.3 Å². The minimum absolute atomic E-state index is 0.000926. The maximum atomic E-state index is 10.0. The van der Waals surface area contributed by atoms with Crippen molar-refractivity contribution in [2.24, 2.45) is 0 Å². The first-order valence-corrected chi connectivity index (χ1v) is 5.93. The van der Waals surface area contributed by atoms with E-state index in [-0.39, 0.29) is 6.10 Å². The first-order chi connectivity index (χ1) is 6.66. The van der Waals surface area contributed by atoms with Crippen LogP contribution in [-0.2, 0) is 4.74 Å². The molecule has 1 aromatic rings. The molecule has 3 heteroatoms. The minimum atomic E-state index is -0.440. The molecular weight excluding hydrogens is 196 g/mol. The van der Waals surface area contributed by atoms with E-state index in [1.54, 1.807) is 11.3 Å². The Morgan fingerprint density at radius 3 is 2.86 bits per heavy atom. The molecule has 1 fully saturated rings. The van der Waals surface area contributed by atoms with E-state index in [0.717, 1.165) is 18.4 Å². The molecule has 0 saturated carbocycles. The van der Waals surface area contributed by atoms with Gasteiger partial charge in [0.25, 0.3) is 0 Å². The van der Waals surface area contributed by atoms with E-state index in [9.17, 15) is 5.11 Å². The molecule has 0 spiro atoms. The first kappa shape index (κ1) is 10.1. The molecule has 0 aliphatic carbocycles. The summed E-state index contributed by atoms with van der Waals surface area (Å²) in [5.41, 5.74) is 1.01. The SMILES string of the molecule is Cc1cc(C(O)C2CCC(C)O2)cs1. The molecule has 0 radical (unpaired) electrons. The lowest BCUT2D eigenvalue weighted by molar-refractivity contribution is -0.0295. The number of aliphatic hydroxyl groups is 1. The average Bonchev–Trinajstić information content (AvgIpc) is 2.73. The van der Waals surface area contributed by atoms with Crippen LogP contribution in [0.5, 0.6) is 0 Å². The standard InChI is InChI=1S/C11H16O2S/c1-7-3-4-10(13-7)11(12)9-5-8(2)14-6-9/h5-7,10-12H,3-4H2,1-2H3. The molecule has 2 heterocycles. The van der Waals surface area contributed by atoms with Crippen LogP contribution in [0.4, 0.5) is 0 Å². The van der Waals surface area contributed by atoms with Crippen LogP contribution in [0.15, 0.2) is 11.4 Å². The van der Waals surface area contributed by atoms with Gasteiger partial charge in [-0.15, -0.1) is 11.3 Å². The van der Waals surface area contributed by atoms with E-state index < -0.39 is 6.10 Å². The smallest absolute Gasteiger partial charge is 0.106 e. The fraction of sp³-hybridized carbons (Fsp3) is 0.636. The Morgan fingerprint density at radius 2 is 2.36 bits per heavy atom. The van der Waals surface area contributed by atoms with E-state index in [0.29, 0.717) is 6.10 Å². The van der Waals surface area contributed by atoms with Crippen LogP contribution in [0.1, 0.15) is 36.3 Å². The van der Waals surface area contributed by atoms with Gasteiger partial charge >= 0.3 is 0 Å². The summed E-state index contributed by atoms with van der Waals surface area (Å²) in [6, 6.07) is 2.04. The second-order valence-electron chi connectivity index (χ2n) is 4.00. The van der Waals surface area contributed by atoms with Crippen LogP contribution in [0.25, 0.3) is 0 Å². The number of rotatable bonds is 2. The zero-order valence-electron chi connectivity index (χ0n) is 8.56. The second kappa shape index (κ2) is 4.01. The lowest BCUT2D eigenvalue weighted by Gasteiger charge is -2.17. The number of aliphatic hydroxyl groups excluding tert-OH is 1. The molecule has 1 aliphatic heterocycles. The predicted octanol–water partition coefficient (Wildman–Crippen LogP) is 2.66. The molecule has 78 valence electrons. The number of hydrogen-bond donors (Lipinski definition) is 1. The van der Waals surface area contributed by atoms with E-state index in [2.05, 4.69) is 13.8 Å². The largest absolute Gasteiger partial charge is 0.386 e. The van der Waals surface area contributed by atoms with Gasteiger partial charge in [-0.05, 0) is 43.7 Å². The highest BCUT2D eigenvalue weighted by atomic mass is 32.1. The zero-order valence-corrected chi connectivity index (χ0v) is 9.38. The topological polar surface area (TPSA) is 29.5 Å². The van der Waals surface area contributed by atoms with Crippen molar-refractivity contribution in [3.05, 3.63) is 21.9 Å². The third-order valence-electron chi connectivity index (χ3n) is 2.71. The highest BCUT2D eigenvalue weighted by Gasteiger charge is 2.29. The molecule has 1 aliphatic rings. The molecule has 2 rings (SSSR count). The van der Waals surface area contributed by atoms with E-state index in [4.69, 9.17) is 4.74 Å². The van der Waals surface area contributed by atoms with Crippen LogP contribution in [0.3, 0.4) is 0 Å². The molecule has 14 heavy (non-hydrogen) atoms. The predicted molar refractivity (Wildman–Crippen MR) is 57.6 cm³/mol. The van der Waals surface area contributed by atoms with Gasteiger partial charge in [-0.2, -0.15) is 0 Å². The molecule has 1 N–H and O–H groups in total. The van der Waals surface area contributed by atoms with Gasteiger partial charge in [-0.1, -0.05) is 0 Å². The van der Waals surface area contributed by atoms with Gasteiger partial charge in [0.15, 0.2) is 0 Å². The van der Waals surface area contributed by atoms with E-state index in [1.807, 2.05) is 11.4 Å². The molecule has 1 saturated heterocycles. The summed E-state index contributed by atoms with van der Waals surface area (Å²) >= 11 is 1.68. The van der Waals surface area contributed by atoms with Crippen LogP contribution >= 0.6 is 11.3 Å². The van der Waals surface area contributed by atoms with Gasteiger partial charge < -0.3 is 9.84 Å². The number of hydrogen-bond acceptors (Lipinski definition) is 3. The summed E-state index contributed by atoms with van der Waals surface area (Å²) in [4.78, 5) is 1.24. The molecular formula is C11H16O2S. The van der Waals surface area contributed by atoms with Crippen LogP contribution in [0, 0.1) is 6.92 Å². The Balaban J connectivity index is 2.05. The van der Waals surface area contributed by atoms with Gasteiger partial charge in [0.05, 0.1) is 12.2 Å². The van der Waals surface area contributed by atoms with Gasteiger partial charge in [-0.25, -0.2) is 0 Å². The van der Waals surface area contributed by atoms with Crippen molar-refractivity contribution in [2.75, 3.05) is 0 Å². The number of ether oxygens (including phenoxy) is 1. The Kier molecular flexibility index (Phi) is 2.91. The highest BCUT2D eigenvalue weighted by Crippen LogP contribution is 2.31. The number of thiophene rings is 1. The van der Waals surface area contributed by atoms with Crippen LogP contribution in [-0.4, -0.2) is 17.3 Å². The minimum Gasteiger partial charge on any atom is -0.386 e. The third kappa shape index (κ3) is 2.00. The summed E-state index contributed by atoms with van der Waals surface area (Å²) in [6.45, 7) is 4.12. The second-order valence-corrected chi connectivity index (χ2v) is 5.11. The number of aryl methyl sites for hydroxylation is 1. The zero-order chi connectivity index (χ0) is 10.1. The monoisotopic (exact) mass is 212 g/mol. The molecule has 3 atom stereocenters. The summed E-state index contributed by atoms with van der Waals surface area (Å²) < 4.78 is 5.64. The highest BCUT2D eigenvalue weighted by molar-refractivity contribution is 7.10. The summed E-state index contributed by atoms with van der Waals surface area (Å²) in [5, 5.41) is 12.1. The third-order valence-corrected chi connectivity index (χ3v) is 3.59. The molecule has 0 aromatic carbocycles. The molecule has 0 amide bonds. The maximum absolute atomic E-state index is 10.0. The molecule has 3 unspecified atom stereocenters. The van der Waals surface area contributed by atoms with Crippen molar-refractivity contribution in [1.82, 2.24) is 0 Å². The van der Waals surface area contributed by atoms with E-state index in [1.165, 1.54) is 4.88 Å². The van der Waals surface area contributed by atoms with Gasteiger partial charge in [-0.3, -0.25) is 0 Å². The fourth-order valence-corrected chi connectivity index (χ4v) is 2.63. The van der Waals surface area contributed by atoms with Gasteiger partial charge in [0.1, 0.15) is 6.10 Å². The Hall–Kier alpha value is -0.380. The fourth-order valence-electron chi connectivity index (χ4n) is 1.90. The van der Waals surface area contributed by atoms with Crippen LogP contribution in [0.2, 0.25) is 0 Å². The quantitative estimate of drug-likeness (QED) is 0.816. The Labute approximate surface area is 88.5 Å². The molecule has 0 bridgehead atoms. The Bertz CT molecular complexity index is 308. The van der Waals surface area contributed by atoms with Gasteiger partial charge in [0.2, 0.25) is 0 Å². The van der Waals surface area contributed by atoms with Crippen molar-refractivity contribution in [3.63, 3.8) is 0 Å². The van der Waals surface area contributed by atoms with E-state index >= 15 is 0 Å². The van der Waals surface area contributed by atoms with Crippen LogP contribution < -0.4 is 0 Å². The summed E-state index contributed by atoms with van der Waals surface area (Å²) in [7, 11) is 0. The Morgan fingerprint density at radius 1 is 1.57 bits per heavy atom. The maximum Gasteiger partial charge on any atom is 0.106 e. The molecule has 2 nitrogen and oxygen atoms in total. The van der Waals surface area contributed by atoms with Gasteiger partial charge in [0, 0.05) is 4.88 Å². The molecule has 1 aromatic heterocycles. The first-order valence-electron chi connectivity index (χ1n) is 5.05. The van der Waals surface area contributed by atoms with Crippen molar-refractivity contribution in [3.8, 4) is 0 Å².